The number of benzene rings is 1. The van der Waals surface area contributed by atoms with Crippen LogP contribution in [-0.2, 0) is 63.5 Å². The summed E-state index contributed by atoms with van der Waals surface area (Å²) in [6.45, 7) is 11.3. The van der Waals surface area contributed by atoms with E-state index in [1.54, 1.807) is 0 Å². The van der Waals surface area contributed by atoms with Crippen LogP contribution in [0, 0.1) is 0 Å². The van der Waals surface area contributed by atoms with Gasteiger partial charge in [-0.25, -0.2) is 4.79 Å². The molecular weight excluding hydrogens is 630 g/mol. The number of hydrogen-bond donors (Lipinski definition) is 1. The molecule has 14 heteroatoms. The molecule has 0 atom stereocenters. The number of esters is 1. The molecule has 0 heterocycles. The third-order valence-corrected chi connectivity index (χ3v) is 6.18. The second-order valence-electron chi connectivity index (χ2n) is 10.2. The maximum Gasteiger partial charge on any atom is 0.407 e. The first-order valence-electron chi connectivity index (χ1n) is 17.0. The zero-order valence-corrected chi connectivity index (χ0v) is 28.9. The van der Waals surface area contributed by atoms with E-state index in [2.05, 4.69) is 12.2 Å². The minimum atomic E-state index is -0.471. The second-order valence-corrected chi connectivity index (χ2v) is 10.2. The molecule has 1 aromatic carbocycles. The zero-order valence-electron chi connectivity index (χ0n) is 28.9. The van der Waals surface area contributed by atoms with Crippen molar-refractivity contribution in [2.45, 2.75) is 39.2 Å². The molecule has 1 N–H and O–H groups in total. The Hall–Kier alpha value is -2.40. The molecule has 0 saturated carbocycles. The van der Waals surface area contributed by atoms with Crippen molar-refractivity contribution in [3.05, 3.63) is 35.9 Å². The number of rotatable bonds is 36. The summed E-state index contributed by atoms with van der Waals surface area (Å²) in [5, 5.41) is 2.64. The Bertz CT molecular complexity index is 835. The van der Waals surface area contributed by atoms with E-state index in [9.17, 15) is 9.59 Å². The van der Waals surface area contributed by atoms with Gasteiger partial charge in [0, 0.05) is 13.0 Å². The molecule has 0 unspecified atom stereocenters. The van der Waals surface area contributed by atoms with Gasteiger partial charge in [0.05, 0.1) is 119 Å². The molecule has 48 heavy (non-hydrogen) atoms. The summed E-state index contributed by atoms with van der Waals surface area (Å²) in [7, 11) is 0. The molecule has 0 aliphatic rings. The van der Waals surface area contributed by atoms with E-state index in [-0.39, 0.29) is 19.2 Å². The van der Waals surface area contributed by atoms with Gasteiger partial charge in [0.1, 0.15) is 13.2 Å². The Morgan fingerprint density at radius 1 is 0.500 bits per heavy atom. The molecule has 0 aliphatic heterocycles. The molecule has 0 aromatic heterocycles. The van der Waals surface area contributed by atoms with E-state index in [1.807, 2.05) is 30.3 Å². The Balaban J connectivity index is 1.65. The van der Waals surface area contributed by atoms with E-state index in [0.717, 1.165) is 24.8 Å². The first-order valence-corrected chi connectivity index (χ1v) is 17.0. The molecule has 0 fully saturated rings. The SMILES string of the molecule is CCCCCC(=O)OCCOCCOCCOCCOCCOCCOCCOCCOCCOCCNC(=O)OCc1ccccc1. The molecule has 14 nitrogen and oxygen atoms in total. The van der Waals surface area contributed by atoms with Crippen molar-refractivity contribution in [1.82, 2.24) is 5.32 Å². The number of carbonyl (C=O) groups is 2. The number of carbonyl (C=O) groups excluding carboxylic acids is 2. The number of hydrogen-bond acceptors (Lipinski definition) is 13. The van der Waals surface area contributed by atoms with Gasteiger partial charge in [-0.15, -0.1) is 0 Å². The van der Waals surface area contributed by atoms with Crippen LogP contribution in [0.2, 0.25) is 0 Å². The van der Waals surface area contributed by atoms with Crippen molar-refractivity contribution < 1.29 is 61.7 Å². The summed E-state index contributed by atoms with van der Waals surface area (Å²) in [6.07, 6.45) is 3.01. The normalized spacial score (nSPS) is 11.1. The van der Waals surface area contributed by atoms with Crippen molar-refractivity contribution in [3.63, 3.8) is 0 Å². The van der Waals surface area contributed by atoms with Crippen molar-refractivity contribution in [1.29, 1.82) is 0 Å². The predicted molar refractivity (Wildman–Crippen MR) is 177 cm³/mol. The summed E-state index contributed by atoms with van der Waals surface area (Å²) in [5.41, 5.74) is 0.936. The molecule has 1 rings (SSSR count). The average Bonchev–Trinajstić information content (AvgIpc) is 3.10. The molecule has 0 aliphatic carbocycles. The minimum Gasteiger partial charge on any atom is -0.463 e. The Morgan fingerprint density at radius 3 is 1.31 bits per heavy atom. The van der Waals surface area contributed by atoms with Gasteiger partial charge >= 0.3 is 12.1 Å². The van der Waals surface area contributed by atoms with E-state index in [0.29, 0.717) is 132 Å². The van der Waals surface area contributed by atoms with Gasteiger partial charge in [-0.1, -0.05) is 50.1 Å². The lowest BCUT2D eigenvalue weighted by molar-refractivity contribution is -0.145. The largest absolute Gasteiger partial charge is 0.463 e. The van der Waals surface area contributed by atoms with Crippen LogP contribution in [0.15, 0.2) is 30.3 Å². The summed E-state index contributed by atoms with van der Waals surface area (Å²) in [4.78, 5) is 23.1. The smallest absolute Gasteiger partial charge is 0.407 e. The minimum absolute atomic E-state index is 0.164. The molecule has 0 saturated heterocycles. The van der Waals surface area contributed by atoms with E-state index in [4.69, 9.17) is 52.1 Å². The lowest BCUT2D eigenvalue weighted by Crippen LogP contribution is -2.28. The van der Waals surface area contributed by atoms with E-state index >= 15 is 0 Å². The van der Waals surface area contributed by atoms with Crippen LogP contribution in [-0.4, -0.2) is 144 Å². The first-order chi connectivity index (χ1) is 23.7. The fraction of sp³-hybridized carbons (Fsp3) is 0.765. The van der Waals surface area contributed by atoms with Crippen LogP contribution in [0.3, 0.4) is 0 Å². The quantitative estimate of drug-likeness (QED) is 0.0813. The van der Waals surface area contributed by atoms with Crippen molar-refractivity contribution in [2.75, 3.05) is 132 Å². The molecule has 0 spiro atoms. The number of alkyl carbamates (subject to hydrolysis) is 1. The Labute approximate surface area is 286 Å². The number of ether oxygens (including phenoxy) is 11. The Morgan fingerprint density at radius 2 is 0.896 bits per heavy atom. The van der Waals surface area contributed by atoms with Crippen LogP contribution >= 0.6 is 0 Å². The number of amides is 1. The van der Waals surface area contributed by atoms with Crippen LogP contribution in [0.25, 0.3) is 0 Å². The van der Waals surface area contributed by atoms with E-state index < -0.39 is 6.09 Å². The number of nitrogens with one attached hydrogen (secondary N) is 1. The van der Waals surface area contributed by atoms with Gasteiger partial charge in [0.25, 0.3) is 0 Å². The average molecular weight is 690 g/mol. The maximum atomic E-state index is 11.6. The van der Waals surface area contributed by atoms with Gasteiger partial charge in [0.15, 0.2) is 0 Å². The summed E-state index contributed by atoms with van der Waals surface area (Å²) >= 11 is 0. The summed E-state index contributed by atoms with van der Waals surface area (Å²) in [6, 6.07) is 9.50. The van der Waals surface area contributed by atoms with Gasteiger partial charge in [-0.3, -0.25) is 4.79 Å². The molecule has 1 amide bonds. The second kappa shape index (κ2) is 35.9. The van der Waals surface area contributed by atoms with Crippen LogP contribution < -0.4 is 5.32 Å². The lowest BCUT2D eigenvalue weighted by atomic mass is 10.2. The van der Waals surface area contributed by atoms with Crippen LogP contribution in [0.5, 0.6) is 0 Å². The van der Waals surface area contributed by atoms with Gasteiger partial charge in [0.2, 0.25) is 0 Å². The highest BCUT2D eigenvalue weighted by Crippen LogP contribution is 2.01. The van der Waals surface area contributed by atoms with Gasteiger partial charge in [-0.2, -0.15) is 0 Å². The summed E-state index contributed by atoms with van der Waals surface area (Å²) < 4.78 is 59.2. The first kappa shape index (κ1) is 43.6. The highest BCUT2D eigenvalue weighted by molar-refractivity contribution is 5.69. The standard InChI is InChI=1S/C34H59NO13/c1-2-3-5-10-33(36)47-30-29-46-28-27-45-26-25-44-24-23-43-22-21-42-20-19-41-18-17-40-16-15-39-14-13-38-12-11-35-34(37)48-31-32-8-6-4-7-9-32/h4,6-9H,2-3,5,10-31H2,1H3,(H,35,37). The number of unbranched alkanes of at least 4 members (excludes halogenated alkanes) is 2. The molecule has 1 aromatic rings. The molecule has 0 radical (unpaired) electrons. The fourth-order valence-corrected chi connectivity index (χ4v) is 3.67. The van der Waals surface area contributed by atoms with Crippen molar-refractivity contribution >= 4 is 12.1 Å². The Kier molecular flexibility index (Phi) is 32.6. The highest BCUT2D eigenvalue weighted by Gasteiger charge is 2.03. The molecular formula is C34H59NO13. The topological polar surface area (TPSA) is 148 Å². The third-order valence-electron chi connectivity index (χ3n) is 6.18. The molecule has 0 bridgehead atoms. The third kappa shape index (κ3) is 32.2. The van der Waals surface area contributed by atoms with Gasteiger partial charge in [-0.05, 0) is 12.0 Å². The van der Waals surface area contributed by atoms with Crippen LogP contribution in [0.1, 0.15) is 38.2 Å². The lowest BCUT2D eigenvalue weighted by Gasteiger charge is -2.09. The predicted octanol–water partition coefficient (Wildman–Crippen LogP) is 3.19. The summed E-state index contributed by atoms with van der Waals surface area (Å²) in [5.74, 6) is -0.164. The zero-order chi connectivity index (χ0) is 34.4. The van der Waals surface area contributed by atoms with Crippen molar-refractivity contribution in [3.8, 4) is 0 Å². The maximum absolute atomic E-state index is 11.6. The van der Waals surface area contributed by atoms with E-state index in [1.165, 1.54) is 0 Å². The molecule has 278 valence electrons. The monoisotopic (exact) mass is 689 g/mol. The van der Waals surface area contributed by atoms with Gasteiger partial charge < -0.3 is 57.4 Å². The van der Waals surface area contributed by atoms with Crippen LogP contribution in [0.4, 0.5) is 4.79 Å². The van der Waals surface area contributed by atoms with Crippen molar-refractivity contribution in [2.24, 2.45) is 0 Å². The highest BCUT2D eigenvalue weighted by atomic mass is 16.6. The fourth-order valence-electron chi connectivity index (χ4n) is 3.67.